The molecule has 0 atom stereocenters. The molecule has 0 aliphatic carbocycles. The maximum absolute atomic E-state index is 6.39. The van der Waals surface area contributed by atoms with Crippen LogP contribution in [-0.2, 0) is 4.65 Å². The van der Waals surface area contributed by atoms with Crippen molar-refractivity contribution in [2.45, 2.75) is 92.6 Å². The van der Waals surface area contributed by atoms with Crippen LogP contribution in [-0.4, -0.2) is 12.5 Å². The van der Waals surface area contributed by atoms with Gasteiger partial charge in [0.25, 0.3) is 0 Å². The molecule has 0 fully saturated rings. The summed E-state index contributed by atoms with van der Waals surface area (Å²) in [6.45, 7) is 15.7. The van der Waals surface area contributed by atoms with E-state index in [1.165, 1.54) is 25.7 Å². The largest absolute Gasteiger partial charge is 0.422 e. The van der Waals surface area contributed by atoms with Gasteiger partial charge in [-0.05, 0) is 32.1 Å². The van der Waals surface area contributed by atoms with Gasteiger partial charge in [-0.3, -0.25) is 0 Å². The summed E-state index contributed by atoms with van der Waals surface area (Å²) < 4.78 is 6.39. The van der Waals surface area contributed by atoms with Crippen molar-refractivity contribution in [2.24, 2.45) is 5.41 Å². The van der Waals surface area contributed by atoms with Crippen molar-refractivity contribution in [3.63, 3.8) is 0 Å². The van der Waals surface area contributed by atoms with Gasteiger partial charge in [0, 0.05) is 0 Å². The summed E-state index contributed by atoms with van der Waals surface area (Å²) in [6, 6.07) is 0. The average molecular weight is 292 g/mol. The van der Waals surface area contributed by atoms with E-state index >= 15 is 0 Å². The Bertz CT molecular complexity index is 292. The van der Waals surface area contributed by atoms with Crippen LogP contribution >= 0.6 is 0 Å². The van der Waals surface area contributed by atoms with Crippen molar-refractivity contribution < 1.29 is 4.65 Å². The highest BCUT2D eigenvalue weighted by Gasteiger charge is 2.35. The molecule has 0 saturated carbocycles. The van der Waals surface area contributed by atoms with Crippen molar-refractivity contribution >= 4 is 6.92 Å². The molecule has 0 aromatic rings. The van der Waals surface area contributed by atoms with E-state index in [4.69, 9.17) is 4.65 Å². The van der Waals surface area contributed by atoms with Crippen LogP contribution in [0.1, 0.15) is 87.0 Å². The summed E-state index contributed by atoms with van der Waals surface area (Å²) in [7, 11) is 0. The molecule has 1 nitrogen and oxygen atoms in total. The van der Waals surface area contributed by atoms with Crippen LogP contribution in [0.3, 0.4) is 0 Å². The molecule has 0 saturated heterocycles. The third-order valence-electron chi connectivity index (χ3n) is 4.34. The molecule has 0 unspecified atom stereocenters. The van der Waals surface area contributed by atoms with Gasteiger partial charge in [0.05, 0.1) is 5.60 Å². The van der Waals surface area contributed by atoms with Crippen molar-refractivity contribution in [3.05, 3.63) is 24.1 Å². The number of hydrogen-bond acceptors (Lipinski definition) is 1. The number of rotatable bonds is 10. The van der Waals surface area contributed by atoms with E-state index in [2.05, 4.69) is 72.6 Å². The minimum atomic E-state index is -0.151. The second-order valence-corrected chi connectivity index (χ2v) is 7.48. The van der Waals surface area contributed by atoms with Gasteiger partial charge in [-0.1, -0.05) is 84.4 Å². The third-order valence-corrected chi connectivity index (χ3v) is 4.34. The van der Waals surface area contributed by atoms with E-state index in [1.807, 2.05) is 0 Å². The predicted octanol–water partition coefficient (Wildman–Crippen LogP) is 6.39. The van der Waals surface area contributed by atoms with Gasteiger partial charge >= 0.3 is 6.92 Å². The van der Waals surface area contributed by atoms with Gasteiger partial charge < -0.3 is 4.65 Å². The van der Waals surface area contributed by atoms with Crippen molar-refractivity contribution in [1.29, 1.82) is 0 Å². The first kappa shape index (κ1) is 20.5. The second kappa shape index (κ2) is 10.3. The van der Waals surface area contributed by atoms with E-state index in [0.717, 1.165) is 12.8 Å². The van der Waals surface area contributed by atoms with Crippen LogP contribution in [0.2, 0.25) is 0 Å². The summed E-state index contributed by atoms with van der Waals surface area (Å²) in [5, 5.41) is 0. The molecule has 0 aliphatic rings. The first-order chi connectivity index (χ1) is 9.74. The summed E-state index contributed by atoms with van der Waals surface area (Å²) in [5.41, 5.74) is -0.0262. The van der Waals surface area contributed by atoms with Gasteiger partial charge in [-0.15, -0.1) is 0 Å². The maximum atomic E-state index is 6.39. The molecular formula is C19H37BO. The highest BCUT2D eigenvalue weighted by Crippen LogP contribution is 2.33. The van der Waals surface area contributed by atoms with Crippen molar-refractivity contribution in [3.8, 4) is 0 Å². The lowest BCUT2D eigenvalue weighted by Gasteiger charge is -2.40. The molecule has 0 aromatic carbocycles. The molecule has 0 aliphatic heterocycles. The van der Waals surface area contributed by atoms with Crippen LogP contribution in [0.15, 0.2) is 24.1 Å². The van der Waals surface area contributed by atoms with E-state index in [1.54, 1.807) is 0 Å². The van der Waals surface area contributed by atoms with Gasteiger partial charge in [0.15, 0.2) is 0 Å². The first-order valence-electron chi connectivity index (χ1n) is 8.75. The molecule has 0 spiro atoms. The maximum Gasteiger partial charge on any atom is 0.346 e. The Morgan fingerprint density at radius 1 is 0.810 bits per heavy atom. The van der Waals surface area contributed by atoms with Gasteiger partial charge in [-0.25, -0.2) is 0 Å². The third kappa shape index (κ3) is 9.19. The minimum absolute atomic E-state index is 0.0907. The molecule has 0 N–H and O–H groups in total. The van der Waals surface area contributed by atoms with Crippen molar-refractivity contribution in [2.75, 3.05) is 0 Å². The first-order valence-corrected chi connectivity index (χ1v) is 8.75. The van der Waals surface area contributed by atoms with E-state index < -0.39 is 0 Å². The van der Waals surface area contributed by atoms with Crippen molar-refractivity contribution in [1.82, 2.24) is 0 Å². The fraction of sp³-hybridized carbons (Fsp3) is 0.789. The molecule has 2 heteroatoms. The normalized spacial score (nSPS) is 13.5. The Labute approximate surface area is 134 Å². The lowest BCUT2D eigenvalue weighted by atomic mass is 9.65. The van der Waals surface area contributed by atoms with Gasteiger partial charge in [-0.2, -0.15) is 0 Å². The van der Waals surface area contributed by atoms with E-state index in [-0.39, 0.29) is 17.9 Å². The number of unbranched alkanes of at least 4 members (excludes halogenated alkanes) is 4. The SMILES string of the molecule is CCCC/C=C/B(/C=C/CCCC)OC(C)(C)C(C)(C)C. The molecule has 0 bridgehead atoms. The molecule has 0 amide bonds. The zero-order valence-electron chi connectivity index (χ0n) is 15.5. The Morgan fingerprint density at radius 3 is 1.57 bits per heavy atom. The smallest absolute Gasteiger partial charge is 0.346 e. The quantitative estimate of drug-likeness (QED) is 0.335. The summed E-state index contributed by atoms with van der Waals surface area (Å²) in [5.74, 6) is 4.46. The molecular weight excluding hydrogens is 255 g/mol. The van der Waals surface area contributed by atoms with Gasteiger partial charge in [0.2, 0.25) is 0 Å². The highest BCUT2D eigenvalue weighted by molar-refractivity contribution is 6.63. The summed E-state index contributed by atoms with van der Waals surface area (Å²) in [4.78, 5) is 0. The van der Waals surface area contributed by atoms with E-state index in [9.17, 15) is 0 Å². The van der Waals surface area contributed by atoms with Crippen LogP contribution < -0.4 is 0 Å². The van der Waals surface area contributed by atoms with Crippen LogP contribution in [0.5, 0.6) is 0 Å². The highest BCUT2D eigenvalue weighted by atomic mass is 16.5. The van der Waals surface area contributed by atoms with Gasteiger partial charge in [0.1, 0.15) is 0 Å². The fourth-order valence-electron chi connectivity index (χ4n) is 1.76. The second-order valence-electron chi connectivity index (χ2n) is 7.48. The Morgan fingerprint density at radius 2 is 1.24 bits per heavy atom. The monoisotopic (exact) mass is 292 g/mol. The fourth-order valence-corrected chi connectivity index (χ4v) is 1.76. The Balaban J connectivity index is 4.71. The molecule has 0 radical (unpaired) electrons. The number of allylic oxidation sites excluding steroid dienone is 2. The molecule has 0 heterocycles. The zero-order valence-corrected chi connectivity index (χ0v) is 15.5. The number of hydrogen-bond donors (Lipinski definition) is 0. The average Bonchev–Trinajstić information content (AvgIpc) is 2.37. The molecule has 21 heavy (non-hydrogen) atoms. The van der Waals surface area contributed by atoms with Crippen LogP contribution in [0.4, 0.5) is 0 Å². The lowest BCUT2D eigenvalue weighted by Crippen LogP contribution is -2.43. The van der Waals surface area contributed by atoms with E-state index in [0.29, 0.717) is 0 Å². The molecule has 0 aromatic heterocycles. The molecule has 122 valence electrons. The minimum Gasteiger partial charge on any atom is -0.422 e. The predicted molar refractivity (Wildman–Crippen MR) is 97.7 cm³/mol. The summed E-state index contributed by atoms with van der Waals surface area (Å²) >= 11 is 0. The Hall–Kier alpha value is -0.495. The summed E-state index contributed by atoms with van der Waals surface area (Å²) in [6.07, 6.45) is 11.8. The van der Waals surface area contributed by atoms with Crippen LogP contribution in [0, 0.1) is 5.41 Å². The Kier molecular flexibility index (Phi) is 10.0. The van der Waals surface area contributed by atoms with Crippen LogP contribution in [0.25, 0.3) is 0 Å². The lowest BCUT2D eigenvalue weighted by molar-refractivity contribution is 0.00112. The standard InChI is InChI=1S/C19H37BO/c1-8-10-12-14-16-20(17-15-13-11-9-2)21-19(6,7)18(3,4)5/h14-17H,8-13H2,1-7H3/b16-14+,17-15+. The topological polar surface area (TPSA) is 9.23 Å². The molecule has 0 rings (SSSR count). The zero-order chi connectivity index (χ0) is 16.4.